The minimum atomic E-state index is -3.80. The van der Waals surface area contributed by atoms with Gasteiger partial charge in [-0.15, -0.1) is 0 Å². The Morgan fingerprint density at radius 1 is 0.828 bits per heavy atom. The summed E-state index contributed by atoms with van der Waals surface area (Å²) in [4.78, 5) is 0.553. The van der Waals surface area contributed by atoms with Gasteiger partial charge in [-0.1, -0.05) is 57.0 Å². The molecular formula is C23H38O3SSi2. The van der Waals surface area contributed by atoms with Crippen LogP contribution in [0.4, 0.5) is 0 Å². The van der Waals surface area contributed by atoms with E-state index >= 15 is 0 Å². The van der Waals surface area contributed by atoms with Crippen LogP contribution >= 0.6 is 0 Å². The number of hydrogen-bond donors (Lipinski definition) is 0. The predicted molar refractivity (Wildman–Crippen MR) is 126 cm³/mol. The van der Waals surface area contributed by atoms with E-state index in [2.05, 4.69) is 58.3 Å². The molecule has 6 heteroatoms. The Balaban J connectivity index is 1.83. The third kappa shape index (κ3) is 4.07. The van der Waals surface area contributed by atoms with E-state index in [-0.39, 0.29) is 0 Å². The standard InChI is InChI=1S/C23H38O3SSi2/c1-16-8-20(28(2,3)4)22(21(9-16)29(5,6)7)27(24,25)26-23-13-17-10-18(14-23)12-19(11-17)15-23/h8-9,17-19H,10-15H2,1-7H3. The molecule has 4 bridgehead atoms. The van der Waals surface area contributed by atoms with Gasteiger partial charge in [-0.25, -0.2) is 0 Å². The Kier molecular flexibility index (Phi) is 5.09. The summed E-state index contributed by atoms with van der Waals surface area (Å²) in [5.74, 6) is 2.01. The van der Waals surface area contributed by atoms with Crippen molar-refractivity contribution in [2.75, 3.05) is 0 Å². The molecule has 4 aliphatic carbocycles. The molecule has 4 saturated carbocycles. The van der Waals surface area contributed by atoms with Crippen LogP contribution in [0, 0.1) is 24.7 Å². The van der Waals surface area contributed by atoms with Crippen molar-refractivity contribution >= 4 is 36.6 Å². The molecule has 0 heterocycles. The molecular weight excluding hydrogens is 412 g/mol. The molecule has 162 valence electrons. The average Bonchev–Trinajstić information content (AvgIpc) is 2.49. The molecule has 0 aromatic heterocycles. The second kappa shape index (κ2) is 6.78. The van der Waals surface area contributed by atoms with Crippen molar-refractivity contribution in [1.82, 2.24) is 0 Å². The molecule has 1 aromatic carbocycles. The van der Waals surface area contributed by atoms with E-state index in [9.17, 15) is 8.42 Å². The van der Waals surface area contributed by atoms with Gasteiger partial charge in [0, 0.05) is 0 Å². The fourth-order valence-electron chi connectivity index (χ4n) is 6.56. The van der Waals surface area contributed by atoms with Gasteiger partial charge in [0.1, 0.15) is 0 Å². The monoisotopic (exact) mass is 450 g/mol. The van der Waals surface area contributed by atoms with Crippen LogP contribution in [0.25, 0.3) is 0 Å². The lowest BCUT2D eigenvalue weighted by Gasteiger charge is -2.55. The lowest BCUT2D eigenvalue weighted by atomic mass is 9.54. The highest BCUT2D eigenvalue weighted by Crippen LogP contribution is 2.57. The predicted octanol–water partition coefficient (Wildman–Crippen LogP) is 4.76. The Labute approximate surface area is 179 Å². The van der Waals surface area contributed by atoms with E-state index in [1.54, 1.807) is 0 Å². The van der Waals surface area contributed by atoms with E-state index in [0.29, 0.717) is 22.6 Å². The first-order chi connectivity index (χ1) is 13.2. The highest BCUT2D eigenvalue weighted by Gasteiger charge is 2.54. The van der Waals surface area contributed by atoms with Gasteiger partial charge in [-0.3, -0.25) is 4.18 Å². The molecule has 0 saturated heterocycles. The average molecular weight is 451 g/mol. The maximum Gasteiger partial charge on any atom is 0.297 e. The van der Waals surface area contributed by atoms with Crippen molar-refractivity contribution in [3.05, 3.63) is 17.7 Å². The topological polar surface area (TPSA) is 43.4 Å². The Morgan fingerprint density at radius 3 is 1.55 bits per heavy atom. The first-order valence-electron chi connectivity index (χ1n) is 11.3. The Hall–Kier alpha value is -0.436. The molecule has 1 aromatic rings. The van der Waals surface area contributed by atoms with Crippen LogP contribution in [0.2, 0.25) is 39.3 Å². The molecule has 0 radical (unpaired) electrons. The summed E-state index contributed by atoms with van der Waals surface area (Å²) in [7, 11) is -7.54. The zero-order chi connectivity index (χ0) is 21.4. The highest BCUT2D eigenvalue weighted by molar-refractivity contribution is 7.87. The zero-order valence-electron chi connectivity index (χ0n) is 19.3. The van der Waals surface area contributed by atoms with Crippen LogP contribution in [0.1, 0.15) is 44.1 Å². The quantitative estimate of drug-likeness (QED) is 0.480. The summed E-state index contributed by atoms with van der Waals surface area (Å²) in [6.45, 7) is 15.6. The second-order valence-corrected chi connectivity index (χ2v) is 23.9. The van der Waals surface area contributed by atoms with Crippen LogP contribution in [0.15, 0.2) is 17.0 Å². The van der Waals surface area contributed by atoms with Gasteiger partial charge in [0.05, 0.1) is 26.6 Å². The Bertz CT molecular complexity index is 852. The van der Waals surface area contributed by atoms with Gasteiger partial charge < -0.3 is 0 Å². The highest BCUT2D eigenvalue weighted by atomic mass is 32.2. The third-order valence-corrected chi connectivity index (χ3v) is 13.3. The van der Waals surface area contributed by atoms with E-state index in [1.165, 1.54) is 24.8 Å². The molecule has 4 aliphatic rings. The number of benzene rings is 1. The molecule has 4 fully saturated rings. The van der Waals surface area contributed by atoms with Gasteiger partial charge in [-0.05, 0) is 73.6 Å². The van der Waals surface area contributed by atoms with Gasteiger partial charge in [-0.2, -0.15) is 8.42 Å². The first-order valence-corrected chi connectivity index (χ1v) is 19.7. The van der Waals surface area contributed by atoms with Gasteiger partial charge in [0.2, 0.25) is 0 Å². The summed E-state index contributed by atoms with van der Waals surface area (Å²) in [6, 6.07) is 4.26. The van der Waals surface area contributed by atoms with Gasteiger partial charge in [0.25, 0.3) is 10.1 Å². The maximum atomic E-state index is 14.0. The van der Waals surface area contributed by atoms with Crippen LogP contribution in [0.3, 0.4) is 0 Å². The minimum Gasteiger partial charge on any atom is -0.260 e. The van der Waals surface area contributed by atoms with E-state index in [4.69, 9.17) is 4.18 Å². The van der Waals surface area contributed by atoms with Crippen molar-refractivity contribution in [1.29, 1.82) is 0 Å². The molecule has 0 N–H and O–H groups in total. The Morgan fingerprint density at radius 2 is 1.21 bits per heavy atom. The van der Waals surface area contributed by atoms with Crippen molar-refractivity contribution in [2.24, 2.45) is 17.8 Å². The molecule has 3 nitrogen and oxygen atoms in total. The fraction of sp³-hybridized carbons (Fsp3) is 0.739. The summed E-state index contributed by atoms with van der Waals surface area (Å²) in [5.41, 5.74) is 0.736. The lowest BCUT2D eigenvalue weighted by Crippen LogP contribution is -2.55. The van der Waals surface area contributed by atoms with E-state index < -0.39 is 31.9 Å². The van der Waals surface area contributed by atoms with Crippen LogP contribution in [-0.2, 0) is 14.3 Å². The molecule has 29 heavy (non-hydrogen) atoms. The van der Waals surface area contributed by atoms with Crippen molar-refractivity contribution in [3.8, 4) is 0 Å². The van der Waals surface area contributed by atoms with Crippen molar-refractivity contribution in [2.45, 2.75) is 95.2 Å². The molecule has 0 atom stereocenters. The fourth-order valence-corrected chi connectivity index (χ4v) is 13.6. The zero-order valence-corrected chi connectivity index (χ0v) is 22.1. The number of hydrogen-bond acceptors (Lipinski definition) is 3. The summed E-state index contributed by atoms with van der Waals surface area (Å²) in [5, 5.41) is 2.11. The van der Waals surface area contributed by atoms with Crippen molar-refractivity contribution in [3.63, 3.8) is 0 Å². The molecule has 5 rings (SSSR count). The third-order valence-electron chi connectivity index (χ3n) is 7.37. The van der Waals surface area contributed by atoms with Crippen LogP contribution in [0.5, 0.6) is 0 Å². The summed E-state index contributed by atoms with van der Waals surface area (Å²) in [6.07, 6.45) is 6.67. The minimum absolute atomic E-state index is 0.439. The number of rotatable bonds is 5. The summed E-state index contributed by atoms with van der Waals surface area (Å²) < 4.78 is 34.3. The normalized spacial score (nSPS) is 32.0. The summed E-state index contributed by atoms with van der Waals surface area (Å²) >= 11 is 0. The lowest BCUT2D eigenvalue weighted by molar-refractivity contribution is -0.104. The van der Waals surface area contributed by atoms with E-state index in [1.807, 2.05) is 0 Å². The maximum absolute atomic E-state index is 14.0. The first kappa shape index (κ1) is 21.8. The molecule has 0 amide bonds. The largest absolute Gasteiger partial charge is 0.297 e. The molecule has 0 spiro atoms. The molecule has 0 aliphatic heterocycles. The molecule has 0 unspecified atom stereocenters. The SMILES string of the molecule is Cc1cc([Si](C)(C)C)c(S(=O)(=O)OC23CC4CC(CC(C4)C2)C3)c([Si](C)(C)C)c1. The van der Waals surface area contributed by atoms with Crippen LogP contribution in [-0.4, -0.2) is 30.2 Å². The number of aryl methyl sites for hydroxylation is 1. The smallest absolute Gasteiger partial charge is 0.260 e. The van der Waals surface area contributed by atoms with Crippen molar-refractivity contribution < 1.29 is 12.6 Å². The van der Waals surface area contributed by atoms with Crippen LogP contribution < -0.4 is 10.4 Å². The van der Waals surface area contributed by atoms with Gasteiger partial charge >= 0.3 is 0 Å². The van der Waals surface area contributed by atoms with E-state index in [0.717, 1.165) is 29.6 Å². The second-order valence-electron chi connectivity index (χ2n) is 12.3. The van der Waals surface area contributed by atoms with Gasteiger partial charge in [0.15, 0.2) is 0 Å².